The normalized spacial score (nSPS) is 28.8. The largest absolute Gasteiger partial charge is 0.668 e. The summed E-state index contributed by atoms with van der Waals surface area (Å²) in [5.74, 6) is 11.8. The number of allylic oxidation sites excluding steroid dienone is 3. The number of Topliss-reactive ketones (excluding diaryl/α,β-unsaturated/α-hetero) is 1. The fraction of sp³-hybridized carbons (Fsp3) is 0.628. The number of hydrogen-bond donors (Lipinski definition) is 9. The number of ketones is 1. The quantitative estimate of drug-likeness (QED) is 0.00611. The molecule has 6 aliphatic rings. The minimum atomic E-state index is -2.03. The second-order valence-corrected chi connectivity index (χ2v) is 37.4. The number of aliphatic hydroxyl groups is 5. The van der Waals surface area contributed by atoms with Crippen LogP contribution >= 0.6 is 100.0 Å². The summed E-state index contributed by atoms with van der Waals surface area (Å²) in [7, 11) is 14.5. The van der Waals surface area contributed by atoms with Crippen molar-refractivity contribution in [2.45, 2.75) is 234 Å². The number of rotatable bonds is 33. The molecule has 4 aliphatic heterocycles. The number of hydrazone groups is 1. The van der Waals surface area contributed by atoms with Crippen molar-refractivity contribution >= 4 is 140 Å². The van der Waals surface area contributed by atoms with Crippen molar-refractivity contribution in [1.82, 2.24) is 21.1 Å². The van der Waals surface area contributed by atoms with Gasteiger partial charge < -0.3 is 103 Å². The molecule has 1 radical (unpaired) electrons. The van der Waals surface area contributed by atoms with Gasteiger partial charge in [-0.25, -0.2) is 10.2 Å². The molecule has 40 heteroatoms. The average molecular weight is 1970 g/mol. The fourth-order valence-corrected chi connectivity index (χ4v) is 18.4. The molecular formula is C78H110IN6O25S7Y-. The van der Waals surface area contributed by atoms with E-state index in [1.807, 2.05) is 71.2 Å². The number of methoxy groups -OCH3 is 5. The molecule has 4 saturated heterocycles. The van der Waals surface area contributed by atoms with Crippen molar-refractivity contribution in [1.29, 1.82) is 0 Å². The predicted molar refractivity (Wildman–Crippen MR) is 464 cm³/mol. The molecule has 0 saturated carbocycles. The first-order valence-corrected chi connectivity index (χ1v) is 46.8. The molecule has 2 aromatic carbocycles. The molecule has 2 aliphatic carbocycles. The third-order valence-electron chi connectivity index (χ3n) is 19.1. The number of amides is 4. The summed E-state index contributed by atoms with van der Waals surface area (Å²) >= 11 is 6.49. The second-order valence-electron chi connectivity index (χ2n) is 27.9. The topological polar surface area (TPSA) is 408 Å². The molecule has 2 bridgehead atoms. The molecule has 8 rings (SSSR count). The SMILES string of the molecule is CCN(C(C)=O)[C@H]1CO[C@@H](O[C@H]2[C@H](O[C@@H]3C#C/C=C\C#CC[C@]4(O)CC(=O)C(NC(=O)OC)=C3/C4=C\CSSC(C)(C)CC(=O)N/N=C(\C)c3ccc(OCCCC([NH-])=O)cc3)O[C@H](C)[C@@H](NO[C@H]3C[C@H](O)[C@H](SC(=O)c4c(C)c(I)c(O[C@@H]5O[C@@H](C)[C@H](O)[C@@H](OC)[C@H]5O)c(OC)c4OC)[C@@H](C)O3)[C@@H]2O)C[C@@H]1OC.CCSSC.CSS.[Y]. The van der Waals surface area contributed by atoms with Crippen molar-refractivity contribution in [3.05, 3.63) is 85.3 Å². The van der Waals surface area contributed by atoms with Crippen LogP contribution in [0.1, 0.15) is 129 Å². The molecule has 4 fully saturated rings. The molecular weight excluding hydrogens is 1860 g/mol. The number of fused-ring (bicyclic) bond motifs is 2. The first-order chi connectivity index (χ1) is 55.6. The Morgan fingerprint density at radius 1 is 0.864 bits per heavy atom. The zero-order valence-corrected chi connectivity index (χ0v) is 79.9. The molecule has 19 atom stereocenters. The zero-order valence-electron chi connectivity index (χ0n) is 69.1. The van der Waals surface area contributed by atoms with E-state index < -0.39 is 149 Å². The molecule has 0 aromatic heterocycles. The smallest absolute Gasteiger partial charge is 0.411 e. The van der Waals surface area contributed by atoms with Crippen LogP contribution in [0.3, 0.4) is 0 Å². The number of aliphatic hydroxyl groups excluding tert-OH is 4. The monoisotopic (exact) mass is 1970 g/mol. The van der Waals surface area contributed by atoms with Crippen LogP contribution in [0, 0.1) is 34.2 Å². The van der Waals surface area contributed by atoms with Gasteiger partial charge in [-0.1, -0.05) is 91.6 Å². The number of nitrogens with one attached hydrogen (secondary N) is 4. The maximum atomic E-state index is 14.6. The van der Waals surface area contributed by atoms with Gasteiger partial charge in [-0.15, -0.1) is 22.5 Å². The summed E-state index contributed by atoms with van der Waals surface area (Å²) in [4.78, 5) is 87.6. The number of carbonyl (C=O) groups is 6. The number of ether oxygens (including phenoxy) is 13. The van der Waals surface area contributed by atoms with E-state index in [1.165, 1.54) is 85.6 Å². The van der Waals surface area contributed by atoms with Crippen LogP contribution in [0.4, 0.5) is 4.79 Å². The molecule has 0 spiro atoms. The van der Waals surface area contributed by atoms with Gasteiger partial charge in [0.15, 0.2) is 36.2 Å². The van der Waals surface area contributed by atoms with Crippen LogP contribution in [0.25, 0.3) is 5.73 Å². The first kappa shape index (κ1) is 105. The molecule has 4 amide bonds. The number of thioether (sulfide) groups is 1. The van der Waals surface area contributed by atoms with Crippen LogP contribution in [-0.4, -0.2) is 270 Å². The van der Waals surface area contributed by atoms with Gasteiger partial charge in [0, 0.05) is 120 Å². The number of nitrogens with zero attached hydrogens (tertiary/aromatic N) is 2. The van der Waals surface area contributed by atoms with Crippen LogP contribution in [0.15, 0.2) is 64.4 Å². The standard InChI is InChI=1S/C74H99IN6O25S3.C3H8S2.CH4S2.Y/c1-15-81(42(7)82)46-36-99-53(33-50(46)93-10)104-66-61(88)58(80-106-54-32-47(83)68(41(6)100-54)108-69(90)55-37(2)57(75)64(67(96-13)63(55)94-11)105-70-62(89)65(95-12)60(87)40(5)102-70)39(4)101-71(66)103-49-22-19-17-16-18-20-29-74(92)34-48(84)59(77-72(91)97-14)56(49)45(74)28-31-107-109-73(8,9)35-52(86)79-78-38(3)43-24-26-44(27-25-43)98-30-21-23-51(76)85;1-3-5-4-2;1-3-2;/h16-17,24-28,39-41,46-47,49-50,53-54,58,60-62,65-66,68,70-71,80,83,87-89,92H,15,21,23,29-36H2,1-14H3,(H4,76,77,79,85,86,91);3H2,1-2H3;2H,1H3;/p-1/b17-16-,45-28+,78-38+;;;/t39-,40+,41-,46+,47+,49-,50+,53+,54+,58-,60+,61+,62-,65-,66-,68-,70+,71+,74+;;;/m1.../s1. The fourth-order valence-electron chi connectivity index (χ4n) is 13.3. The number of likely N-dealkylation sites (N-methyl/N-ethyl adjacent to an activating group) is 1. The van der Waals surface area contributed by atoms with Crippen molar-refractivity contribution < 1.29 is 153 Å². The molecule has 0 unspecified atom stereocenters. The molecule has 4 heterocycles. The van der Waals surface area contributed by atoms with Crippen molar-refractivity contribution in [3.63, 3.8) is 0 Å². The summed E-state index contributed by atoms with van der Waals surface area (Å²) in [6.45, 7) is 18.0. The van der Waals surface area contributed by atoms with Gasteiger partial charge >= 0.3 is 6.09 Å². The Balaban J connectivity index is 0.00000263. The van der Waals surface area contributed by atoms with Crippen molar-refractivity contribution in [3.8, 4) is 46.7 Å². The Morgan fingerprint density at radius 3 is 2.14 bits per heavy atom. The Hall–Kier alpha value is -3.65. The van der Waals surface area contributed by atoms with Gasteiger partial charge in [-0.05, 0) is 156 Å². The average Bonchev–Trinajstić information content (AvgIpc) is 0.850. The van der Waals surface area contributed by atoms with Crippen LogP contribution < -0.4 is 35.2 Å². The van der Waals surface area contributed by atoms with Gasteiger partial charge in [0.05, 0.1) is 103 Å². The Kier molecular flexibility index (Phi) is 46.0. The van der Waals surface area contributed by atoms with E-state index in [4.69, 9.17) is 72.2 Å². The number of carbonyl (C=O) groups excluding carboxylic acids is 6. The van der Waals surface area contributed by atoms with Crippen molar-refractivity contribution in [2.24, 2.45) is 5.10 Å². The minimum Gasteiger partial charge on any atom is -0.668 e. The van der Waals surface area contributed by atoms with E-state index in [1.54, 1.807) is 69.9 Å². The number of alkyl carbamates (subject to hydrolysis) is 1. The summed E-state index contributed by atoms with van der Waals surface area (Å²) in [5, 5.41) is 64.8. The van der Waals surface area contributed by atoms with E-state index in [9.17, 15) is 54.3 Å². The van der Waals surface area contributed by atoms with E-state index in [0.29, 0.717) is 33.6 Å². The molecule has 9 N–H and O–H groups in total. The van der Waals surface area contributed by atoms with Gasteiger partial charge in [0.1, 0.15) is 48.0 Å². The van der Waals surface area contributed by atoms with E-state index in [2.05, 4.69) is 69.8 Å². The molecule has 118 heavy (non-hydrogen) atoms. The summed E-state index contributed by atoms with van der Waals surface area (Å²) in [6.07, 6.45) is -11.4. The van der Waals surface area contributed by atoms with Gasteiger partial charge in [-0.2, -0.15) is 10.6 Å². The van der Waals surface area contributed by atoms with Gasteiger partial charge in [0.2, 0.25) is 29.0 Å². The maximum absolute atomic E-state index is 14.6. The van der Waals surface area contributed by atoms with E-state index in [-0.39, 0.29) is 135 Å². The number of hydroxylamine groups is 1. The predicted octanol–water partition coefficient (Wildman–Crippen LogP) is 9.22. The second kappa shape index (κ2) is 51.7. The Morgan fingerprint density at radius 2 is 1.54 bits per heavy atom. The third-order valence-corrected chi connectivity index (χ3v) is 26.8. The van der Waals surface area contributed by atoms with Crippen LogP contribution in [0.5, 0.6) is 23.0 Å². The number of thiol groups is 1. The first-order valence-electron chi connectivity index (χ1n) is 37.5. The number of halogens is 1. The van der Waals surface area contributed by atoms with Gasteiger partial charge in [-0.3, -0.25) is 29.3 Å². The van der Waals surface area contributed by atoms with Crippen LogP contribution in [-0.2, 0) is 99.4 Å². The Bertz CT molecular complexity index is 3920. The third kappa shape index (κ3) is 29.5. The van der Waals surface area contributed by atoms with E-state index >= 15 is 0 Å². The minimum absolute atomic E-state index is 0. The summed E-state index contributed by atoms with van der Waals surface area (Å²) < 4.78 is 78.3. The number of benzene rings is 2. The van der Waals surface area contributed by atoms with Crippen molar-refractivity contribution in [2.75, 3.05) is 79.3 Å². The summed E-state index contributed by atoms with van der Waals surface area (Å²) in [5.41, 5.74) is 12.0. The zero-order chi connectivity index (χ0) is 86.6. The Labute approximate surface area is 758 Å². The van der Waals surface area contributed by atoms with Gasteiger partial charge in [0.25, 0.3) is 0 Å². The summed E-state index contributed by atoms with van der Waals surface area (Å²) in [6, 6.07) is 5.31. The van der Waals surface area contributed by atoms with E-state index in [0.717, 1.165) is 24.4 Å². The molecule has 2 aromatic rings. The van der Waals surface area contributed by atoms with Crippen LogP contribution in [0.2, 0.25) is 0 Å². The molecule has 31 nitrogen and oxygen atoms in total. The molecule has 655 valence electrons. The number of hydrogen-bond acceptors (Lipinski definition) is 34. The maximum Gasteiger partial charge on any atom is 0.411 e.